The zero-order valence-corrected chi connectivity index (χ0v) is 13.0. The first-order valence-electron chi connectivity index (χ1n) is 7.41. The van der Waals surface area contributed by atoms with Gasteiger partial charge in [-0.1, -0.05) is 13.8 Å². The summed E-state index contributed by atoms with van der Waals surface area (Å²) in [6.07, 6.45) is 2.33. The van der Waals surface area contributed by atoms with Crippen molar-refractivity contribution in [2.75, 3.05) is 13.1 Å². The second-order valence-electron chi connectivity index (χ2n) is 6.35. The smallest absolute Gasteiger partial charge is 0.0644 e. The standard InChI is InChI=1S/C15H28N4/c1-10(2)9-19-8-6-7-13(16)15(19)14-11(3)17-18(5)12(14)4/h10,13,15H,6-9,16H2,1-5H3. The van der Waals surface area contributed by atoms with E-state index in [4.69, 9.17) is 5.73 Å². The van der Waals surface area contributed by atoms with E-state index in [1.54, 1.807) is 0 Å². The van der Waals surface area contributed by atoms with Gasteiger partial charge in [-0.2, -0.15) is 5.10 Å². The third kappa shape index (κ3) is 2.84. The molecule has 0 aromatic carbocycles. The molecule has 2 heterocycles. The maximum Gasteiger partial charge on any atom is 0.0644 e. The first-order chi connectivity index (χ1) is 8.91. The number of piperidine rings is 1. The third-order valence-electron chi connectivity index (χ3n) is 4.24. The van der Waals surface area contributed by atoms with Gasteiger partial charge in [-0.15, -0.1) is 0 Å². The van der Waals surface area contributed by atoms with Gasteiger partial charge in [0.2, 0.25) is 0 Å². The zero-order valence-electron chi connectivity index (χ0n) is 13.0. The molecule has 2 atom stereocenters. The highest BCUT2D eigenvalue weighted by atomic mass is 15.3. The number of nitrogens with zero attached hydrogens (tertiary/aromatic N) is 3. The maximum atomic E-state index is 6.45. The van der Waals surface area contributed by atoms with Crippen LogP contribution in [0.1, 0.15) is 49.7 Å². The van der Waals surface area contributed by atoms with Crippen LogP contribution in [0.3, 0.4) is 0 Å². The molecule has 2 unspecified atom stereocenters. The summed E-state index contributed by atoms with van der Waals surface area (Å²) in [5, 5.41) is 4.57. The fraction of sp³-hybridized carbons (Fsp3) is 0.800. The van der Waals surface area contributed by atoms with Crippen LogP contribution in [0.2, 0.25) is 0 Å². The van der Waals surface area contributed by atoms with Crippen molar-refractivity contribution in [3.63, 3.8) is 0 Å². The summed E-state index contributed by atoms with van der Waals surface area (Å²) >= 11 is 0. The number of nitrogens with two attached hydrogens (primary N) is 1. The van der Waals surface area contributed by atoms with E-state index in [1.807, 2.05) is 11.7 Å². The molecule has 108 valence electrons. The fourth-order valence-electron chi connectivity index (χ4n) is 3.39. The van der Waals surface area contributed by atoms with Crippen molar-refractivity contribution >= 4 is 0 Å². The van der Waals surface area contributed by atoms with Crippen molar-refractivity contribution < 1.29 is 0 Å². The summed E-state index contributed by atoms with van der Waals surface area (Å²) in [6.45, 7) is 11.1. The minimum atomic E-state index is 0.231. The highest BCUT2D eigenvalue weighted by Crippen LogP contribution is 2.34. The molecule has 1 aromatic rings. The van der Waals surface area contributed by atoms with Crippen molar-refractivity contribution in [3.05, 3.63) is 17.0 Å². The van der Waals surface area contributed by atoms with Gasteiger partial charge >= 0.3 is 0 Å². The number of aromatic nitrogens is 2. The highest BCUT2D eigenvalue weighted by molar-refractivity contribution is 5.30. The maximum absolute atomic E-state index is 6.45. The Morgan fingerprint density at radius 3 is 2.58 bits per heavy atom. The second kappa shape index (κ2) is 5.63. The molecule has 0 saturated carbocycles. The Morgan fingerprint density at radius 2 is 2.05 bits per heavy atom. The normalized spacial score (nSPS) is 25.2. The van der Waals surface area contributed by atoms with Crippen LogP contribution in [0.4, 0.5) is 0 Å². The topological polar surface area (TPSA) is 47.1 Å². The van der Waals surface area contributed by atoms with E-state index in [-0.39, 0.29) is 6.04 Å². The summed E-state index contributed by atoms with van der Waals surface area (Å²) < 4.78 is 1.99. The molecule has 1 fully saturated rings. The largest absolute Gasteiger partial charge is 0.326 e. The molecule has 1 aliphatic rings. The first-order valence-corrected chi connectivity index (χ1v) is 7.41. The molecule has 0 radical (unpaired) electrons. The molecule has 1 saturated heterocycles. The molecule has 0 spiro atoms. The first kappa shape index (κ1) is 14.5. The fourth-order valence-corrected chi connectivity index (χ4v) is 3.39. The Bertz CT molecular complexity index is 436. The molecule has 2 N–H and O–H groups in total. The summed E-state index contributed by atoms with van der Waals surface area (Å²) in [6, 6.07) is 0.568. The van der Waals surface area contributed by atoms with Crippen molar-refractivity contribution in [3.8, 4) is 0 Å². The molecule has 0 bridgehead atoms. The van der Waals surface area contributed by atoms with Gasteiger partial charge in [0.25, 0.3) is 0 Å². The Morgan fingerprint density at radius 1 is 1.37 bits per heavy atom. The molecular formula is C15H28N4. The molecular weight excluding hydrogens is 236 g/mol. The van der Waals surface area contributed by atoms with Crippen LogP contribution in [0.5, 0.6) is 0 Å². The van der Waals surface area contributed by atoms with Gasteiger partial charge in [0.1, 0.15) is 0 Å². The lowest BCUT2D eigenvalue weighted by atomic mass is 9.89. The molecule has 1 aromatic heterocycles. The van der Waals surface area contributed by atoms with Crippen LogP contribution in [0, 0.1) is 19.8 Å². The molecule has 4 heteroatoms. The van der Waals surface area contributed by atoms with E-state index in [9.17, 15) is 0 Å². The Hall–Kier alpha value is -0.870. The van der Waals surface area contributed by atoms with Gasteiger partial charge in [0, 0.05) is 30.9 Å². The predicted molar refractivity (Wildman–Crippen MR) is 79.0 cm³/mol. The molecule has 4 nitrogen and oxygen atoms in total. The van der Waals surface area contributed by atoms with E-state index in [2.05, 4.69) is 37.7 Å². The molecule has 2 rings (SSSR count). The monoisotopic (exact) mass is 264 g/mol. The van der Waals surface area contributed by atoms with Gasteiger partial charge in [-0.25, -0.2) is 0 Å². The molecule has 0 amide bonds. The molecule has 1 aliphatic heterocycles. The van der Waals surface area contributed by atoms with Crippen LogP contribution in [-0.2, 0) is 7.05 Å². The van der Waals surface area contributed by atoms with Crippen molar-refractivity contribution in [1.82, 2.24) is 14.7 Å². The van der Waals surface area contributed by atoms with E-state index in [1.165, 1.54) is 17.7 Å². The van der Waals surface area contributed by atoms with Crippen molar-refractivity contribution in [2.45, 2.75) is 52.6 Å². The number of likely N-dealkylation sites (tertiary alicyclic amines) is 1. The second-order valence-corrected chi connectivity index (χ2v) is 6.35. The van der Waals surface area contributed by atoms with Gasteiger partial charge in [0.15, 0.2) is 0 Å². The van der Waals surface area contributed by atoms with Crippen LogP contribution in [0.25, 0.3) is 0 Å². The van der Waals surface area contributed by atoms with Gasteiger partial charge in [-0.05, 0) is 39.2 Å². The van der Waals surface area contributed by atoms with Crippen LogP contribution < -0.4 is 5.73 Å². The summed E-state index contributed by atoms with van der Waals surface area (Å²) in [5.74, 6) is 0.671. The highest BCUT2D eigenvalue weighted by Gasteiger charge is 2.34. The number of aryl methyl sites for hydroxylation is 2. The summed E-state index contributed by atoms with van der Waals surface area (Å²) in [4.78, 5) is 2.57. The summed E-state index contributed by atoms with van der Waals surface area (Å²) in [5.41, 5.74) is 10.2. The van der Waals surface area contributed by atoms with Gasteiger partial charge in [-0.3, -0.25) is 9.58 Å². The average molecular weight is 264 g/mol. The van der Waals surface area contributed by atoms with Crippen LogP contribution >= 0.6 is 0 Å². The predicted octanol–water partition coefficient (Wildman–Crippen LogP) is 2.16. The third-order valence-corrected chi connectivity index (χ3v) is 4.24. The van der Waals surface area contributed by atoms with Gasteiger partial charge in [0.05, 0.1) is 11.7 Å². The Balaban J connectivity index is 2.36. The molecule has 0 aliphatic carbocycles. The lowest BCUT2D eigenvalue weighted by Crippen LogP contribution is -2.47. The Labute approximate surface area is 117 Å². The Kier molecular flexibility index (Phi) is 4.31. The minimum Gasteiger partial charge on any atom is -0.326 e. The van der Waals surface area contributed by atoms with Crippen molar-refractivity contribution in [1.29, 1.82) is 0 Å². The quantitative estimate of drug-likeness (QED) is 0.910. The van der Waals surface area contributed by atoms with E-state index < -0.39 is 0 Å². The molecule has 19 heavy (non-hydrogen) atoms. The zero-order chi connectivity index (χ0) is 14.2. The van der Waals surface area contributed by atoms with Crippen molar-refractivity contribution in [2.24, 2.45) is 18.7 Å². The van der Waals surface area contributed by atoms with E-state index in [0.717, 1.165) is 25.2 Å². The van der Waals surface area contributed by atoms with E-state index in [0.29, 0.717) is 12.0 Å². The van der Waals surface area contributed by atoms with Crippen LogP contribution in [-0.4, -0.2) is 33.8 Å². The lowest BCUT2D eigenvalue weighted by molar-refractivity contribution is 0.113. The van der Waals surface area contributed by atoms with E-state index >= 15 is 0 Å². The SMILES string of the molecule is Cc1nn(C)c(C)c1C1C(N)CCCN1CC(C)C. The number of hydrogen-bond donors (Lipinski definition) is 1. The minimum absolute atomic E-state index is 0.231. The van der Waals surface area contributed by atoms with Crippen LogP contribution in [0.15, 0.2) is 0 Å². The number of hydrogen-bond acceptors (Lipinski definition) is 3. The summed E-state index contributed by atoms with van der Waals surface area (Å²) in [7, 11) is 2.02. The number of rotatable bonds is 3. The average Bonchev–Trinajstić information content (AvgIpc) is 2.54. The van der Waals surface area contributed by atoms with Gasteiger partial charge < -0.3 is 5.73 Å². The lowest BCUT2D eigenvalue weighted by Gasteiger charge is -2.41.